The largest absolute Gasteiger partial charge is 0.350 e. The van der Waals surface area contributed by atoms with Gasteiger partial charge in [0.25, 0.3) is 0 Å². The zero-order valence-corrected chi connectivity index (χ0v) is 11.7. The Balaban J connectivity index is 2.26. The average molecular weight is 257 g/mol. The second-order valence-electron chi connectivity index (χ2n) is 4.85. The van der Waals surface area contributed by atoms with Gasteiger partial charge in [-0.3, -0.25) is 9.89 Å². The van der Waals surface area contributed by atoms with Crippen molar-refractivity contribution in [3.63, 3.8) is 0 Å². The summed E-state index contributed by atoms with van der Waals surface area (Å²) in [5.74, 6) is -0.0156. The minimum atomic E-state index is -0.0156. The van der Waals surface area contributed by atoms with E-state index in [1.807, 2.05) is 32.9 Å². The maximum Gasteiger partial charge on any atom is 0.217 e. The molecule has 0 aliphatic heterocycles. The molecule has 0 saturated heterocycles. The number of benzene rings is 1. The number of carbonyl (C=O) groups excluding carboxylic acids is 1. The maximum atomic E-state index is 11.0. The maximum absolute atomic E-state index is 11.0. The first-order chi connectivity index (χ1) is 8.99. The molecule has 1 aromatic carbocycles. The highest BCUT2D eigenvalue weighted by atomic mass is 16.1. The van der Waals surface area contributed by atoms with Crippen molar-refractivity contribution in [1.29, 1.82) is 0 Å². The van der Waals surface area contributed by atoms with Crippen molar-refractivity contribution >= 4 is 5.91 Å². The highest BCUT2D eigenvalue weighted by molar-refractivity contribution is 5.73. The molecule has 0 aliphatic carbocycles. The molecule has 1 aromatic heterocycles. The van der Waals surface area contributed by atoms with E-state index in [2.05, 4.69) is 27.6 Å². The van der Waals surface area contributed by atoms with Gasteiger partial charge in [-0.2, -0.15) is 5.10 Å². The topological polar surface area (TPSA) is 57.8 Å². The molecule has 100 valence electrons. The Labute approximate surface area is 113 Å². The highest BCUT2D eigenvalue weighted by Gasteiger charge is 2.10. The predicted octanol–water partition coefficient (Wildman–Crippen LogP) is 2.89. The van der Waals surface area contributed by atoms with E-state index in [4.69, 9.17) is 0 Å². The van der Waals surface area contributed by atoms with Crippen molar-refractivity contribution in [2.24, 2.45) is 0 Å². The molecule has 2 aromatic rings. The summed E-state index contributed by atoms with van der Waals surface area (Å²) in [6.07, 6.45) is 0. The summed E-state index contributed by atoms with van der Waals surface area (Å²) in [4.78, 5) is 11.0. The van der Waals surface area contributed by atoms with Crippen LogP contribution in [0.2, 0.25) is 0 Å². The number of H-pyrrole nitrogens is 1. The van der Waals surface area contributed by atoms with Crippen LogP contribution in [-0.4, -0.2) is 16.1 Å². The van der Waals surface area contributed by atoms with Crippen molar-refractivity contribution in [2.45, 2.75) is 33.7 Å². The fraction of sp³-hybridized carbons (Fsp3) is 0.333. The molecule has 0 aliphatic rings. The average Bonchev–Trinajstić information content (AvgIpc) is 2.68. The van der Waals surface area contributed by atoms with Crippen LogP contribution in [-0.2, 0) is 4.79 Å². The Bertz CT molecular complexity index is 564. The van der Waals surface area contributed by atoms with Crippen LogP contribution in [0.25, 0.3) is 11.1 Å². The van der Waals surface area contributed by atoms with Crippen molar-refractivity contribution in [3.05, 3.63) is 41.2 Å². The van der Waals surface area contributed by atoms with E-state index < -0.39 is 0 Å². The monoisotopic (exact) mass is 257 g/mol. The summed E-state index contributed by atoms with van der Waals surface area (Å²) >= 11 is 0. The fourth-order valence-electron chi connectivity index (χ4n) is 2.30. The lowest BCUT2D eigenvalue weighted by atomic mass is 10.00. The van der Waals surface area contributed by atoms with Gasteiger partial charge in [0.2, 0.25) is 5.91 Å². The summed E-state index contributed by atoms with van der Waals surface area (Å²) < 4.78 is 0. The van der Waals surface area contributed by atoms with Gasteiger partial charge in [-0.1, -0.05) is 24.3 Å². The molecule has 0 saturated carbocycles. The molecule has 2 rings (SSSR count). The molecule has 1 amide bonds. The molecule has 4 heteroatoms. The number of hydrogen-bond donors (Lipinski definition) is 2. The van der Waals surface area contributed by atoms with E-state index in [0.29, 0.717) is 0 Å². The summed E-state index contributed by atoms with van der Waals surface area (Å²) in [5.41, 5.74) is 5.46. The number of amides is 1. The number of nitrogens with one attached hydrogen (secondary N) is 2. The van der Waals surface area contributed by atoms with Gasteiger partial charge in [0.1, 0.15) is 0 Å². The zero-order valence-electron chi connectivity index (χ0n) is 11.7. The smallest absolute Gasteiger partial charge is 0.217 e. The van der Waals surface area contributed by atoms with Crippen molar-refractivity contribution < 1.29 is 4.79 Å². The third-order valence-electron chi connectivity index (χ3n) is 3.25. The lowest BCUT2D eigenvalue weighted by molar-refractivity contribution is -0.119. The second kappa shape index (κ2) is 5.26. The zero-order chi connectivity index (χ0) is 14.0. The molecule has 2 N–H and O–H groups in total. The number of aromatic nitrogens is 2. The van der Waals surface area contributed by atoms with Crippen molar-refractivity contribution in [1.82, 2.24) is 15.5 Å². The van der Waals surface area contributed by atoms with Crippen LogP contribution in [0, 0.1) is 13.8 Å². The third-order valence-corrected chi connectivity index (χ3v) is 3.25. The molecule has 1 atom stereocenters. The Kier molecular flexibility index (Phi) is 3.69. The van der Waals surface area contributed by atoms with Gasteiger partial charge in [0.15, 0.2) is 0 Å². The first kappa shape index (κ1) is 13.3. The molecule has 0 unspecified atom stereocenters. The van der Waals surface area contributed by atoms with Gasteiger partial charge in [0.05, 0.1) is 11.7 Å². The minimum absolute atomic E-state index is 0.0156. The quantitative estimate of drug-likeness (QED) is 0.888. The Hall–Kier alpha value is -2.10. The van der Waals surface area contributed by atoms with Crippen LogP contribution in [0.1, 0.15) is 36.8 Å². The molecular weight excluding hydrogens is 238 g/mol. The fourth-order valence-corrected chi connectivity index (χ4v) is 2.30. The number of aromatic amines is 1. The number of hydrogen-bond acceptors (Lipinski definition) is 2. The molecule has 19 heavy (non-hydrogen) atoms. The Morgan fingerprint density at radius 3 is 2.37 bits per heavy atom. The van der Waals surface area contributed by atoms with Crippen LogP contribution in [0.15, 0.2) is 24.3 Å². The highest BCUT2D eigenvalue weighted by Crippen LogP contribution is 2.26. The van der Waals surface area contributed by atoms with Crippen LogP contribution < -0.4 is 5.32 Å². The molecule has 0 spiro atoms. The van der Waals surface area contributed by atoms with E-state index in [1.54, 1.807) is 0 Å². The first-order valence-corrected chi connectivity index (χ1v) is 6.38. The van der Waals surface area contributed by atoms with E-state index in [-0.39, 0.29) is 11.9 Å². The van der Waals surface area contributed by atoms with Crippen LogP contribution in [0.4, 0.5) is 0 Å². The van der Waals surface area contributed by atoms with Crippen LogP contribution in [0.5, 0.6) is 0 Å². The summed E-state index contributed by atoms with van der Waals surface area (Å²) in [7, 11) is 0. The number of rotatable bonds is 3. The van der Waals surface area contributed by atoms with Crippen molar-refractivity contribution in [3.8, 4) is 11.1 Å². The van der Waals surface area contributed by atoms with Gasteiger partial charge in [-0.05, 0) is 31.9 Å². The number of carbonyl (C=O) groups is 1. The van der Waals surface area contributed by atoms with E-state index in [1.165, 1.54) is 6.92 Å². The predicted molar refractivity (Wildman–Crippen MR) is 75.7 cm³/mol. The van der Waals surface area contributed by atoms with Gasteiger partial charge < -0.3 is 5.32 Å². The van der Waals surface area contributed by atoms with E-state index >= 15 is 0 Å². The SMILES string of the molecule is CC(=O)N[C@H](C)c1ccc(-c2c(C)n[nH]c2C)cc1. The van der Waals surface area contributed by atoms with E-state index in [9.17, 15) is 4.79 Å². The molecule has 0 fully saturated rings. The van der Waals surface area contributed by atoms with Gasteiger partial charge >= 0.3 is 0 Å². The molecular formula is C15H19N3O. The third kappa shape index (κ3) is 2.84. The number of nitrogens with zero attached hydrogens (tertiary/aromatic N) is 1. The normalized spacial score (nSPS) is 12.2. The van der Waals surface area contributed by atoms with Crippen LogP contribution in [0.3, 0.4) is 0 Å². The van der Waals surface area contributed by atoms with Crippen molar-refractivity contribution in [2.75, 3.05) is 0 Å². The Morgan fingerprint density at radius 1 is 1.26 bits per heavy atom. The van der Waals surface area contributed by atoms with Gasteiger partial charge in [-0.15, -0.1) is 0 Å². The lowest BCUT2D eigenvalue weighted by Gasteiger charge is -2.13. The van der Waals surface area contributed by atoms with Gasteiger partial charge in [0, 0.05) is 18.2 Å². The molecule has 4 nitrogen and oxygen atoms in total. The summed E-state index contributed by atoms with van der Waals surface area (Å²) in [6, 6.07) is 8.25. The first-order valence-electron chi connectivity index (χ1n) is 6.38. The van der Waals surface area contributed by atoms with Crippen LogP contribution >= 0.6 is 0 Å². The lowest BCUT2D eigenvalue weighted by Crippen LogP contribution is -2.23. The van der Waals surface area contributed by atoms with Gasteiger partial charge in [-0.25, -0.2) is 0 Å². The standard InChI is InChI=1S/C15H19N3O/c1-9(16-12(4)19)13-5-7-14(8-6-13)15-10(2)17-18-11(15)3/h5-9H,1-4H3,(H,16,19)(H,17,18)/t9-/m1/s1. The number of aryl methyl sites for hydroxylation is 2. The molecule has 0 radical (unpaired) electrons. The minimum Gasteiger partial charge on any atom is -0.350 e. The molecule has 0 bridgehead atoms. The molecule has 1 heterocycles. The second-order valence-corrected chi connectivity index (χ2v) is 4.85. The van der Waals surface area contributed by atoms with E-state index in [0.717, 1.165) is 28.1 Å². The summed E-state index contributed by atoms with van der Waals surface area (Å²) in [5, 5.41) is 10.1. The summed E-state index contributed by atoms with van der Waals surface area (Å²) in [6.45, 7) is 7.52. The Morgan fingerprint density at radius 2 is 1.89 bits per heavy atom.